The zero-order chi connectivity index (χ0) is 18.9. The molecule has 2 rings (SSSR count). The van der Waals surface area contributed by atoms with Crippen LogP contribution in [0.5, 0.6) is 17.2 Å². The number of hydrogen-bond donors (Lipinski definition) is 0. The molecule has 0 aromatic heterocycles. The minimum absolute atomic E-state index is 0.298. The first-order valence-electron chi connectivity index (χ1n) is 7.55. The molecule has 26 heavy (non-hydrogen) atoms. The van der Waals surface area contributed by atoms with Crippen molar-refractivity contribution < 1.29 is 19.0 Å². The second-order valence-electron chi connectivity index (χ2n) is 5.02. The molecule has 0 heterocycles. The fourth-order valence-corrected chi connectivity index (χ4v) is 2.66. The normalized spacial score (nSPS) is 10.7. The first kappa shape index (κ1) is 19.3. The molecule has 0 aliphatic rings. The van der Waals surface area contributed by atoms with Crippen molar-refractivity contribution in [2.75, 3.05) is 14.2 Å². The van der Waals surface area contributed by atoms with Crippen molar-refractivity contribution >= 4 is 34.1 Å². The van der Waals surface area contributed by atoms with Crippen LogP contribution in [0.2, 0.25) is 0 Å². The van der Waals surface area contributed by atoms with Crippen LogP contribution in [0.3, 0.4) is 0 Å². The van der Waals surface area contributed by atoms with Crippen LogP contribution >= 0.6 is 15.9 Å². The summed E-state index contributed by atoms with van der Waals surface area (Å²) >= 11 is 3.39. The maximum absolute atomic E-state index is 12.1. The fraction of sp³-hybridized carbons (Fsp3) is 0.100. The van der Waals surface area contributed by atoms with Crippen LogP contribution in [-0.2, 0) is 4.79 Å². The van der Waals surface area contributed by atoms with Crippen molar-refractivity contribution in [1.82, 2.24) is 0 Å². The van der Waals surface area contributed by atoms with Crippen LogP contribution in [0, 0.1) is 11.3 Å². The van der Waals surface area contributed by atoms with Crippen LogP contribution in [0.25, 0.3) is 12.2 Å². The van der Waals surface area contributed by atoms with Crippen LogP contribution in [0.1, 0.15) is 11.1 Å². The van der Waals surface area contributed by atoms with E-state index in [0.717, 1.165) is 15.6 Å². The highest BCUT2D eigenvalue weighted by Crippen LogP contribution is 2.29. The third-order valence-corrected chi connectivity index (χ3v) is 3.96. The number of esters is 1. The molecule has 132 valence electrons. The van der Waals surface area contributed by atoms with E-state index in [1.54, 1.807) is 43.5 Å². The van der Waals surface area contributed by atoms with Gasteiger partial charge in [0.15, 0.2) is 11.5 Å². The number of hydrogen-bond acceptors (Lipinski definition) is 5. The van der Waals surface area contributed by atoms with Crippen LogP contribution in [0.15, 0.2) is 53.0 Å². The number of ether oxygens (including phenoxy) is 3. The Morgan fingerprint density at radius 2 is 1.65 bits per heavy atom. The van der Waals surface area contributed by atoms with E-state index >= 15 is 0 Å². The number of nitriles is 1. The second-order valence-corrected chi connectivity index (χ2v) is 5.88. The molecule has 0 aliphatic heterocycles. The van der Waals surface area contributed by atoms with E-state index in [1.807, 2.05) is 18.2 Å². The van der Waals surface area contributed by atoms with E-state index in [0.29, 0.717) is 17.2 Å². The zero-order valence-electron chi connectivity index (χ0n) is 14.2. The van der Waals surface area contributed by atoms with Crippen LogP contribution < -0.4 is 14.2 Å². The molecule has 0 spiro atoms. The first-order chi connectivity index (χ1) is 12.6. The van der Waals surface area contributed by atoms with Crippen molar-refractivity contribution in [3.63, 3.8) is 0 Å². The predicted octanol–water partition coefficient (Wildman–Crippen LogP) is 4.62. The summed E-state index contributed by atoms with van der Waals surface area (Å²) in [5, 5.41) is 8.57. The molecule has 0 radical (unpaired) electrons. The second kappa shape index (κ2) is 9.44. The average Bonchev–Trinajstić information content (AvgIpc) is 2.65. The third kappa shape index (κ3) is 5.23. The number of allylic oxidation sites excluding steroid dienone is 1. The van der Waals surface area contributed by atoms with Gasteiger partial charge in [-0.25, -0.2) is 4.79 Å². The molecule has 0 saturated carbocycles. The highest BCUT2D eigenvalue weighted by Gasteiger charge is 2.08. The standard InChI is InChI=1S/C20H16BrNO4/c1-24-17-8-5-15(12-16(17)21)7-10-20(23)26-18-9-6-14(4-3-11-22)13-19(18)25-2/h3-10,12-13H,1-2H3/b4-3-,10-7+. The number of methoxy groups -OCH3 is 2. The van der Waals surface area contributed by atoms with E-state index in [1.165, 1.54) is 19.3 Å². The highest BCUT2D eigenvalue weighted by molar-refractivity contribution is 9.10. The molecule has 0 unspecified atom stereocenters. The molecule has 6 heteroatoms. The predicted molar refractivity (Wildman–Crippen MR) is 103 cm³/mol. The van der Waals surface area contributed by atoms with E-state index in [-0.39, 0.29) is 0 Å². The van der Waals surface area contributed by atoms with E-state index < -0.39 is 5.97 Å². The molecular formula is C20H16BrNO4. The molecule has 0 amide bonds. The molecule has 0 aliphatic carbocycles. The Bertz CT molecular complexity index is 897. The Labute approximate surface area is 160 Å². The largest absolute Gasteiger partial charge is 0.496 e. The van der Waals surface area contributed by atoms with Gasteiger partial charge in [-0.15, -0.1) is 0 Å². The Balaban J connectivity index is 2.11. The van der Waals surface area contributed by atoms with Gasteiger partial charge in [0.05, 0.1) is 24.8 Å². The van der Waals surface area contributed by atoms with Gasteiger partial charge in [-0.3, -0.25) is 0 Å². The Morgan fingerprint density at radius 3 is 2.27 bits per heavy atom. The summed E-state index contributed by atoms with van der Waals surface area (Å²) in [4.78, 5) is 12.1. The van der Waals surface area contributed by atoms with Crippen molar-refractivity contribution in [3.05, 3.63) is 64.1 Å². The molecule has 2 aromatic carbocycles. The minimum Gasteiger partial charge on any atom is -0.496 e. The SMILES string of the molecule is COc1ccc(/C=C/C(=O)Oc2ccc(/C=C\C#N)cc2OC)cc1Br. The van der Waals surface area contributed by atoms with Gasteiger partial charge in [-0.1, -0.05) is 12.1 Å². The number of nitrogens with zero attached hydrogens (tertiary/aromatic N) is 1. The van der Waals surface area contributed by atoms with Gasteiger partial charge in [0.1, 0.15) is 5.75 Å². The summed E-state index contributed by atoms with van der Waals surface area (Å²) in [5.74, 6) is 0.877. The third-order valence-electron chi connectivity index (χ3n) is 3.34. The Kier molecular flexibility index (Phi) is 7.01. The first-order valence-corrected chi connectivity index (χ1v) is 8.34. The van der Waals surface area contributed by atoms with Crippen molar-refractivity contribution in [1.29, 1.82) is 5.26 Å². The summed E-state index contributed by atoms with van der Waals surface area (Å²) in [6, 6.07) is 12.4. The minimum atomic E-state index is -0.532. The number of benzene rings is 2. The summed E-state index contributed by atoms with van der Waals surface area (Å²) < 4.78 is 16.5. The van der Waals surface area contributed by atoms with Gasteiger partial charge in [-0.2, -0.15) is 5.26 Å². The van der Waals surface area contributed by atoms with Gasteiger partial charge < -0.3 is 14.2 Å². The van der Waals surface area contributed by atoms with Gasteiger partial charge in [-0.05, 0) is 63.5 Å². The van der Waals surface area contributed by atoms with Crippen LogP contribution in [0.4, 0.5) is 0 Å². The highest BCUT2D eigenvalue weighted by atomic mass is 79.9. The molecule has 5 nitrogen and oxygen atoms in total. The molecule has 0 bridgehead atoms. The fourth-order valence-electron chi connectivity index (χ4n) is 2.10. The van der Waals surface area contributed by atoms with Crippen LogP contribution in [-0.4, -0.2) is 20.2 Å². The monoisotopic (exact) mass is 413 g/mol. The van der Waals surface area contributed by atoms with Gasteiger partial charge in [0.25, 0.3) is 0 Å². The molecule has 0 fully saturated rings. The van der Waals surface area contributed by atoms with Gasteiger partial charge >= 0.3 is 5.97 Å². The number of carbonyl (C=O) groups excluding carboxylic acids is 1. The lowest BCUT2D eigenvalue weighted by Gasteiger charge is -2.08. The lowest BCUT2D eigenvalue weighted by Crippen LogP contribution is -2.05. The smallest absolute Gasteiger partial charge is 0.336 e. The zero-order valence-corrected chi connectivity index (χ0v) is 15.8. The molecule has 0 atom stereocenters. The summed E-state index contributed by atoms with van der Waals surface area (Å²) in [5.41, 5.74) is 1.58. The van der Waals surface area contributed by atoms with Crippen molar-refractivity contribution in [3.8, 4) is 23.3 Å². The van der Waals surface area contributed by atoms with Crippen molar-refractivity contribution in [2.24, 2.45) is 0 Å². The van der Waals surface area contributed by atoms with E-state index in [9.17, 15) is 4.79 Å². The maximum Gasteiger partial charge on any atom is 0.336 e. The molecular weight excluding hydrogens is 398 g/mol. The quantitative estimate of drug-likeness (QED) is 0.299. The van der Waals surface area contributed by atoms with E-state index in [4.69, 9.17) is 19.5 Å². The molecule has 2 aromatic rings. The van der Waals surface area contributed by atoms with Crippen molar-refractivity contribution in [2.45, 2.75) is 0 Å². The number of rotatable bonds is 6. The van der Waals surface area contributed by atoms with Gasteiger partial charge in [0.2, 0.25) is 0 Å². The van der Waals surface area contributed by atoms with Gasteiger partial charge in [0, 0.05) is 12.2 Å². The number of carbonyl (C=O) groups is 1. The average molecular weight is 414 g/mol. The lowest BCUT2D eigenvalue weighted by atomic mass is 10.2. The number of halogens is 1. The summed E-state index contributed by atoms with van der Waals surface area (Å²) in [6.45, 7) is 0. The molecule has 0 saturated heterocycles. The summed E-state index contributed by atoms with van der Waals surface area (Å²) in [6.07, 6.45) is 5.96. The van der Waals surface area contributed by atoms with E-state index in [2.05, 4.69) is 15.9 Å². The maximum atomic E-state index is 12.1. The topological polar surface area (TPSA) is 68.5 Å². The Hall–Kier alpha value is -3.04. The Morgan fingerprint density at radius 1 is 1.00 bits per heavy atom. The summed E-state index contributed by atoms with van der Waals surface area (Å²) in [7, 11) is 3.07. The molecule has 0 N–H and O–H groups in total. The lowest BCUT2D eigenvalue weighted by molar-refractivity contribution is -0.129.